The van der Waals surface area contributed by atoms with E-state index in [-0.39, 0.29) is 5.91 Å². The predicted molar refractivity (Wildman–Crippen MR) is 109 cm³/mol. The number of carbonyl (C=O) groups is 1. The number of amides is 1. The maximum Gasteiger partial charge on any atom is 0.261 e. The van der Waals surface area contributed by atoms with Crippen molar-refractivity contribution in [2.45, 2.75) is 12.8 Å². The number of fused-ring (bicyclic) bond motifs is 1. The normalized spacial score (nSPS) is 10.9. The molecule has 0 radical (unpaired) electrons. The number of para-hydroxylation sites is 1. The summed E-state index contributed by atoms with van der Waals surface area (Å²) in [6.07, 6.45) is 3.93. The van der Waals surface area contributed by atoms with Crippen LogP contribution in [0.4, 0.5) is 0 Å². The molecule has 1 amide bonds. The standard InChI is InChI=1S/C22H20N2OS/c25-22(21-19(12-14-26-21)16-7-2-1-3-8-16)23-13-6-9-17-15-24-20-11-5-4-10-18(17)20/h1-5,7-8,10-12,14-15,24H,6,9,13H2,(H,23,25). The average Bonchev–Trinajstić information content (AvgIpc) is 3.33. The van der Waals surface area contributed by atoms with Gasteiger partial charge >= 0.3 is 0 Å². The minimum Gasteiger partial charge on any atom is -0.361 e. The van der Waals surface area contributed by atoms with Crippen LogP contribution in [0.3, 0.4) is 0 Å². The first-order valence-electron chi connectivity index (χ1n) is 8.79. The first-order chi connectivity index (χ1) is 12.8. The number of hydrogen-bond donors (Lipinski definition) is 2. The minimum absolute atomic E-state index is 0.0118. The molecule has 0 saturated carbocycles. The van der Waals surface area contributed by atoms with Crippen molar-refractivity contribution in [3.63, 3.8) is 0 Å². The number of hydrogen-bond acceptors (Lipinski definition) is 2. The number of benzene rings is 2. The van der Waals surface area contributed by atoms with E-state index >= 15 is 0 Å². The van der Waals surface area contributed by atoms with Crippen LogP contribution in [-0.4, -0.2) is 17.4 Å². The van der Waals surface area contributed by atoms with E-state index < -0.39 is 0 Å². The lowest BCUT2D eigenvalue weighted by atomic mass is 10.1. The van der Waals surface area contributed by atoms with Crippen molar-refractivity contribution in [1.29, 1.82) is 0 Å². The van der Waals surface area contributed by atoms with Gasteiger partial charge in [-0.05, 0) is 41.5 Å². The summed E-state index contributed by atoms with van der Waals surface area (Å²) in [7, 11) is 0. The SMILES string of the molecule is O=C(NCCCc1c[nH]c2ccccc12)c1sccc1-c1ccccc1. The summed E-state index contributed by atoms with van der Waals surface area (Å²) in [5, 5.41) is 6.31. The van der Waals surface area contributed by atoms with Crippen LogP contribution in [0.25, 0.3) is 22.0 Å². The van der Waals surface area contributed by atoms with Crippen molar-refractivity contribution in [2.75, 3.05) is 6.54 Å². The first kappa shape index (κ1) is 16.6. The number of thiophene rings is 1. The van der Waals surface area contributed by atoms with Crippen LogP contribution in [0.15, 0.2) is 72.2 Å². The van der Waals surface area contributed by atoms with Crippen molar-refractivity contribution < 1.29 is 4.79 Å². The maximum absolute atomic E-state index is 12.6. The monoisotopic (exact) mass is 360 g/mol. The third kappa shape index (κ3) is 3.41. The van der Waals surface area contributed by atoms with Crippen LogP contribution >= 0.6 is 11.3 Å². The van der Waals surface area contributed by atoms with E-state index in [1.807, 2.05) is 47.8 Å². The Morgan fingerprint density at radius 3 is 2.69 bits per heavy atom. The second-order valence-electron chi connectivity index (χ2n) is 6.25. The number of aryl methyl sites for hydroxylation is 1. The summed E-state index contributed by atoms with van der Waals surface area (Å²) >= 11 is 1.49. The van der Waals surface area contributed by atoms with Gasteiger partial charge in [-0.1, -0.05) is 48.5 Å². The van der Waals surface area contributed by atoms with Gasteiger partial charge in [0.05, 0.1) is 4.88 Å². The molecule has 130 valence electrons. The number of rotatable bonds is 6. The minimum atomic E-state index is 0.0118. The third-order valence-corrected chi connectivity index (χ3v) is 5.45. The molecule has 0 saturated heterocycles. The van der Waals surface area contributed by atoms with E-state index in [2.05, 4.69) is 34.7 Å². The Labute approximate surface area is 156 Å². The largest absolute Gasteiger partial charge is 0.361 e. The molecule has 0 bridgehead atoms. The molecule has 4 heteroatoms. The lowest BCUT2D eigenvalue weighted by molar-refractivity contribution is 0.0958. The van der Waals surface area contributed by atoms with Crippen LogP contribution in [0.1, 0.15) is 21.7 Å². The molecule has 26 heavy (non-hydrogen) atoms. The van der Waals surface area contributed by atoms with Gasteiger partial charge in [-0.15, -0.1) is 11.3 Å². The number of aromatic amines is 1. The maximum atomic E-state index is 12.6. The second kappa shape index (κ2) is 7.58. The van der Waals surface area contributed by atoms with Gasteiger partial charge in [0.15, 0.2) is 0 Å². The molecular weight excluding hydrogens is 340 g/mol. The molecule has 0 unspecified atom stereocenters. The van der Waals surface area contributed by atoms with Crippen LogP contribution in [0, 0.1) is 0 Å². The molecule has 0 atom stereocenters. The summed E-state index contributed by atoms with van der Waals surface area (Å²) in [6, 6.07) is 20.4. The first-order valence-corrected chi connectivity index (χ1v) is 9.67. The molecule has 0 fully saturated rings. The fraction of sp³-hybridized carbons (Fsp3) is 0.136. The molecule has 2 N–H and O–H groups in total. The lowest BCUT2D eigenvalue weighted by Gasteiger charge is -2.06. The van der Waals surface area contributed by atoms with Crippen LogP contribution in [0.5, 0.6) is 0 Å². The Balaban J connectivity index is 1.36. The highest BCUT2D eigenvalue weighted by molar-refractivity contribution is 7.12. The molecule has 0 aliphatic rings. The Morgan fingerprint density at radius 2 is 1.81 bits per heavy atom. The smallest absolute Gasteiger partial charge is 0.261 e. The molecule has 0 spiro atoms. The second-order valence-corrected chi connectivity index (χ2v) is 7.16. The average molecular weight is 360 g/mol. The number of carbonyl (C=O) groups excluding carboxylic acids is 1. The molecule has 0 aliphatic carbocycles. The van der Waals surface area contributed by atoms with E-state index in [0.29, 0.717) is 6.54 Å². The van der Waals surface area contributed by atoms with Gasteiger partial charge in [-0.2, -0.15) is 0 Å². The molecule has 3 nitrogen and oxygen atoms in total. The van der Waals surface area contributed by atoms with Crippen LogP contribution in [0.2, 0.25) is 0 Å². The van der Waals surface area contributed by atoms with Gasteiger partial charge in [0.25, 0.3) is 5.91 Å². The summed E-state index contributed by atoms with van der Waals surface area (Å²) in [4.78, 5) is 16.6. The molecule has 2 aromatic heterocycles. The van der Waals surface area contributed by atoms with Crippen molar-refractivity contribution in [1.82, 2.24) is 10.3 Å². The predicted octanol–water partition coefficient (Wildman–Crippen LogP) is 5.26. The highest BCUT2D eigenvalue weighted by Crippen LogP contribution is 2.28. The molecule has 2 aromatic carbocycles. The van der Waals surface area contributed by atoms with Gasteiger partial charge in [0.1, 0.15) is 0 Å². The van der Waals surface area contributed by atoms with E-state index in [1.165, 1.54) is 22.3 Å². The Bertz CT molecular complexity index is 1020. The summed E-state index contributed by atoms with van der Waals surface area (Å²) in [5.74, 6) is 0.0118. The number of nitrogens with one attached hydrogen (secondary N) is 2. The zero-order valence-corrected chi connectivity index (χ0v) is 15.2. The highest BCUT2D eigenvalue weighted by Gasteiger charge is 2.14. The van der Waals surface area contributed by atoms with Crippen molar-refractivity contribution in [3.8, 4) is 11.1 Å². The van der Waals surface area contributed by atoms with Crippen molar-refractivity contribution in [2.24, 2.45) is 0 Å². The van der Waals surface area contributed by atoms with Gasteiger partial charge in [0, 0.05) is 29.2 Å². The quantitative estimate of drug-likeness (QED) is 0.453. The Morgan fingerprint density at radius 1 is 1.00 bits per heavy atom. The van der Waals surface area contributed by atoms with Crippen molar-refractivity contribution in [3.05, 3.63) is 82.7 Å². The van der Waals surface area contributed by atoms with E-state index in [0.717, 1.165) is 34.4 Å². The highest BCUT2D eigenvalue weighted by atomic mass is 32.1. The summed E-state index contributed by atoms with van der Waals surface area (Å²) < 4.78 is 0. The van der Waals surface area contributed by atoms with Gasteiger partial charge in [0.2, 0.25) is 0 Å². The molecule has 4 rings (SSSR count). The number of H-pyrrole nitrogens is 1. The van der Waals surface area contributed by atoms with Crippen LogP contribution in [-0.2, 0) is 6.42 Å². The fourth-order valence-corrected chi connectivity index (χ4v) is 4.06. The molecular formula is C22H20N2OS. The summed E-state index contributed by atoms with van der Waals surface area (Å²) in [6.45, 7) is 0.671. The lowest BCUT2D eigenvalue weighted by Crippen LogP contribution is -2.24. The molecule has 4 aromatic rings. The Kier molecular flexibility index (Phi) is 4.84. The zero-order chi connectivity index (χ0) is 17.8. The zero-order valence-electron chi connectivity index (χ0n) is 14.4. The third-order valence-electron chi connectivity index (χ3n) is 4.54. The van der Waals surface area contributed by atoms with Gasteiger partial charge < -0.3 is 10.3 Å². The fourth-order valence-electron chi connectivity index (χ4n) is 3.23. The van der Waals surface area contributed by atoms with Crippen molar-refractivity contribution >= 4 is 28.1 Å². The van der Waals surface area contributed by atoms with E-state index in [1.54, 1.807) is 0 Å². The van der Waals surface area contributed by atoms with E-state index in [4.69, 9.17) is 0 Å². The van der Waals surface area contributed by atoms with Gasteiger partial charge in [-0.25, -0.2) is 0 Å². The topological polar surface area (TPSA) is 44.9 Å². The molecule has 2 heterocycles. The number of aromatic nitrogens is 1. The Hall–Kier alpha value is -2.85. The van der Waals surface area contributed by atoms with Gasteiger partial charge in [-0.3, -0.25) is 4.79 Å². The molecule has 0 aliphatic heterocycles. The van der Waals surface area contributed by atoms with E-state index in [9.17, 15) is 4.79 Å². The van der Waals surface area contributed by atoms with Crippen LogP contribution < -0.4 is 5.32 Å². The summed E-state index contributed by atoms with van der Waals surface area (Å²) in [5.41, 5.74) is 4.55.